The molecule has 1 unspecified atom stereocenters. The van der Waals surface area contributed by atoms with Gasteiger partial charge in [-0.15, -0.1) is 0 Å². The lowest BCUT2D eigenvalue weighted by atomic mass is 9.96. The second kappa shape index (κ2) is 6.29. The summed E-state index contributed by atoms with van der Waals surface area (Å²) in [5.41, 5.74) is 1.64. The van der Waals surface area contributed by atoms with Gasteiger partial charge < -0.3 is 4.52 Å². The minimum absolute atomic E-state index is 0.00865. The van der Waals surface area contributed by atoms with Crippen LogP contribution in [0.2, 0.25) is 0 Å². The first kappa shape index (κ1) is 16.2. The van der Waals surface area contributed by atoms with Gasteiger partial charge in [0.1, 0.15) is 0 Å². The topological polar surface area (TPSA) is 66.0 Å². The fraction of sp³-hybridized carbons (Fsp3) is 0.471. The van der Waals surface area contributed by atoms with E-state index in [1.807, 2.05) is 32.2 Å². The standard InChI is InChI=1S/C17H22N4O/c1-12(15-19-16(20-22-15)17(2,3)4)21(5)11-14-8-6-7-13(9-14)10-18/h6-9,12H,11H2,1-5H3. The number of rotatable bonds is 4. The van der Waals surface area contributed by atoms with Crippen LogP contribution in [-0.2, 0) is 12.0 Å². The van der Waals surface area contributed by atoms with Crippen LogP contribution in [-0.4, -0.2) is 22.1 Å². The summed E-state index contributed by atoms with van der Waals surface area (Å²) >= 11 is 0. The van der Waals surface area contributed by atoms with Crippen molar-refractivity contribution in [2.24, 2.45) is 0 Å². The molecule has 22 heavy (non-hydrogen) atoms. The zero-order valence-electron chi connectivity index (χ0n) is 13.8. The van der Waals surface area contributed by atoms with Crippen LogP contribution < -0.4 is 0 Å². The Bertz CT molecular complexity index is 678. The Balaban J connectivity index is 2.10. The number of benzene rings is 1. The Kier molecular flexibility index (Phi) is 4.62. The highest BCUT2D eigenvalue weighted by atomic mass is 16.5. The quantitative estimate of drug-likeness (QED) is 0.865. The molecular formula is C17H22N4O. The van der Waals surface area contributed by atoms with Gasteiger partial charge in [-0.2, -0.15) is 10.2 Å². The van der Waals surface area contributed by atoms with Gasteiger partial charge in [-0.25, -0.2) is 0 Å². The van der Waals surface area contributed by atoms with Crippen molar-refractivity contribution in [2.75, 3.05) is 7.05 Å². The van der Waals surface area contributed by atoms with Gasteiger partial charge in [-0.1, -0.05) is 38.1 Å². The number of hydrogen-bond donors (Lipinski definition) is 0. The third-order valence-electron chi connectivity index (χ3n) is 3.62. The molecule has 0 aliphatic carbocycles. The van der Waals surface area contributed by atoms with E-state index in [0.29, 0.717) is 23.8 Å². The van der Waals surface area contributed by atoms with E-state index in [9.17, 15) is 0 Å². The molecule has 1 aromatic carbocycles. The number of hydrogen-bond acceptors (Lipinski definition) is 5. The van der Waals surface area contributed by atoms with Gasteiger partial charge in [0.2, 0.25) is 5.89 Å². The van der Waals surface area contributed by atoms with Gasteiger partial charge in [0.05, 0.1) is 17.7 Å². The molecule has 0 radical (unpaired) electrons. The minimum Gasteiger partial charge on any atom is -0.338 e. The molecule has 1 aromatic heterocycles. The normalized spacial score (nSPS) is 13.1. The van der Waals surface area contributed by atoms with Gasteiger partial charge in [-0.05, 0) is 31.7 Å². The van der Waals surface area contributed by atoms with Crippen LogP contribution >= 0.6 is 0 Å². The molecule has 0 bridgehead atoms. The summed E-state index contributed by atoms with van der Waals surface area (Å²) in [6.45, 7) is 8.92. The Labute approximate surface area is 131 Å². The molecule has 2 aromatic rings. The van der Waals surface area contributed by atoms with E-state index >= 15 is 0 Å². The van der Waals surface area contributed by atoms with E-state index in [0.717, 1.165) is 5.56 Å². The third kappa shape index (κ3) is 3.71. The molecule has 116 valence electrons. The smallest absolute Gasteiger partial charge is 0.243 e. The van der Waals surface area contributed by atoms with Gasteiger partial charge in [0, 0.05) is 12.0 Å². The molecule has 2 rings (SSSR count). The van der Waals surface area contributed by atoms with Crippen molar-refractivity contribution >= 4 is 0 Å². The summed E-state index contributed by atoms with van der Waals surface area (Å²) in [7, 11) is 2.00. The molecule has 0 saturated heterocycles. The molecule has 5 heteroatoms. The van der Waals surface area contributed by atoms with E-state index in [1.165, 1.54) is 0 Å². The van der Waals surface area contributed by atoms with E-state index in [1.54, 1.807) is 6.07 Å². The first-order valence-electron chi connectivity index (χ1n) is 7.34. The van der Waals surface area contributed by atoms with Crippen molar-refractivity contribution in [1.29, 1.82) is 5.26 Å². The molecule has 0 aliphatic rings. The van der Waals surface area contributed by atoms with Gasteiger partial charge in [0.25, 0.3) is 0 Å². The minimum atomic E-state index is -0.124. The average Bonchev–Trinajstić information content (AvgIpc) is 2.96. The van der Waals surface area contributed by atoms with Gasteiger partial charge in [0.15, 0.2) is 5.82 Å². The largest absolute Gasteiger partial charge is 0.338 e. The SMILES string of the molecule is CC(c1nc(C(C)(C)C)no1)N(C)Cc1cccc(C#N)c1. The average molecular weight is 298 g/mol. The second-order valence-corrected chi connectivity index (χ2v) is 6.61. The molecule has 0 spiro atoms. The summed E-state index contributed by atoms with van der Waals surface area (Å²) in [5.74, 6) is 1.33. The summed E-state index contributed by atoms with van der Waals surface area (Å²) in [6.07, 6.45) is 0. The molecule has 1 heterocycles. The van der Waals surface area contributed by atoms with Crippen molar-refractivity contribution in [3.8, 4) is 6.07 Å². The maximum atomic E-state index is 8.97. The number of aromatic nitrogens is 2. The summed E-state index contributed by atoms with van der Waals surface area (Å²) < 4.78 is 5.40. The van der Waals surface area contributed by atoms with Gasteiger partial charge >= 0.3 is 0 Å². The van der Waals surface area contributed by atoms with E-state index in [2.05, 4.69) is 41.9 Å². The molecular weight excluding hydrogens is 276 g/mol. The van der Waals surface area contributed by atoms with Crippen molar-refractivity contribution < 1.29 is 4.52 Å². The third-order valence-corrected chi connectivity index (χ3v) is 3.62. The molecule has 0 saturated carbocycles. The Morgan fingerprint density at radius 3 is 2.68 bits per heavy atom. The lowest BCUT2D eigenvalue weighted by Crippen LogP contribution is -2.22. The highest BCUT2D eigenvalue weighted by Gasteiger charge is 2.24. The lowest BCUT2D eigenvalue weighted by molar-refractivity contribution is 0.202. The van der Waals surface area contributed by atoms with Crippen LogP contribution in [0.4, 0.5) is 0 Å². The van der Waals surface area contributed by atoms with Crippen LogP contribution in [0, 0.1) is 11.3 Å². The fourth-order valence-corrected chi connectivity index (χ4v) is 2.06. The number of nitrogens with zero attached hydrogens (tertiary/aromatic N) is 4. The van der Waals surface area contributed by atoms with Crippen molar-refractivity contribution in [3.63, 3.8) is 0 Å². The van der Waals surface area contributed by atoms with Crippen LogP contribution in [0.15, 0.2) is 28.8 Å². The Hall–Kier alpha value is -2.19. The van der Waals surface area contributed by atoms with Gasteiger partial charge in [-0.3, -0.25) is 4.90 Å². The van der Waals surface area contributed by atoms with E-state index < -0.39 is 0 Å². The maximum absolute atomic E-state index is 8.97. The first-order chi connectivity index (χ1) is 10.3. The van der Waals surface area contributed by atoms with Crippen LogP contribution in [0.3, 0.4) is 0 Å². The van der Waals surface area contributed by atoms with E-state index in [-0.39, 0.29) is 11.5 Å². The van der Waals surface area contributed by atoms with E-state index in [4.69, 9.17) is 9.78 Å². The Morgan fingerprint density at radius 1 is 1.36 bits per heavy atom. The van der Waals surface area contributed by atoms with Crippen LogP contribution in [0.25, 0.3) is 0 Å². The van der Waals surface area contributed by atoms with Crippen LogP contribution in [0.1, 0.15) is 56.6 Å². The Morgan fingerprint density at radius 2 is 2.09 bits per heavy atom. The zero-order chi connectivity index (χ0) is 16.3. The van der Waals surface area contributed by atoms with Crippen molar-refractivity contribution in [2.45, 2.75) is 45.7 Å². The maximum Gasteiger partial charge on any atom is 0.243 e. The lowest BCUT2D eigenvalue weighted by Gasteiger charge is -2.21. The highest BCUT2D eigenvalue weighted by Crippen LogP contribution is 2.24. The molecule has 0 N–H and O–H groups in total. The second-order valence-electron chi connectivity index (χ2n) is 6.61. The predicted octanol–water partition coefficient (Wildman–Crippen LogP) is 3.43. The zero-order valence-corrected chi connectivity index (χ0v) is 13.8. The molecule has 0 amide bonds. The monoisotopic (exact) mass is 298 g/mol. The number of nitriles is 1. The first-order valence-corrected chi connectivity index (χ1v) is 7.34. The summed E-state index contributed by atoms with van der Waals surface area (Å²) in [6, 6.07) is 9.79. The van der Waals surface area contributed by atoms with Crippen LogP contribution in [0.5, 0.6) is 0 Å². The predicted molar refractivity (Wildman–Crippen MR) is 84.0 cm³/mol. The molecule has 0 aliphatic heterocycles. The molecule has 1 atom stereocenters. The molecule has 5 nitrogen and oxygen atoms in total. The fourth-order valence-electron chi connectivity index (χ4n) is 2.06. The highest BCUT2D eigenvalue weighted by molar-refractivity contribution is 5.32. The summed E-state index contributed by atoms with van der Waals surface area (Å²) in [5, 5.41) is 13.0. The van der Waals surface area contributed by atoms with Crippen molar-refractivity contribution in [1.82, 2.24) is 15.0 Å². The summed E-state index contributed by atoms with van der Waals surface area (Å²) in [4.78, 5) is 6.63. The van der Waals surface area contributed by atoms with Crippen molar-refractivity contribution in [3.05, 3.63) is 47.1 Å². The molecule has 0 fully saturated rings.